The van der Waals surface area contributed by atoms with E-state index in [1.54, 1.807) is 6.92 Å². The third-order valence-corrected chi connectivity index (χ3v) is 2.04. The smallest absolute Gasteiger partial charge is 0.315 e. The summed E-state index contributed by atoms with van der Waals surface area (Å²) >= 11 is 10.8. The topological polar surface area (TPSA) is 40.6 Å². The number of rotatable bonds is 2. The van der Waals surface area contributed by atoms with Crippen LogP contribution in [0.15, 0.2) is 0 Å². The molecule has 0 aromatic rings. The fourth-order valence-electron chi connectivity index (χ4n) is 1.01. The van der Waals surface area contributed by atoms with Crippen LogP contribution in [0.3, 0.4) is 0 Å². The number of halogens is 2. The summed E-state index contributed by atoms with van der Waals surface area (Å²) in [5.74, 6) is -0.350. The predicted molar refractivity (Wildman–Crippen MR) is 45.0 cm³/mol. The number of hydrogen-bond acceptors (Lipinski definition) is 2. The van der Waals surface area contributed by atoms with Crippen molar-refractivity contribution in [2.24, 2.45) is 0 Å². The molecule has 1 rings (SSSR count). The Morgan fingerprint density at radius 1 is 1.50 bits per heavy atom. The molecule has 0 radical (unpaired) electrons. The minimum Gasteiger partial charge on any atom is -0.315 e. The molecule has 0 saturated carbocycles. The van der Waals surface area contributed by atoms with E-state index in [1.807, 2.05) is 0 Å². The van der Waals surface area contributed by atoms with E-state index in [1.165, 1.54) is 4.90 Å². The second kappa shape index (κ2) is 3.49. The number of carbonyl (C=O) groups excluding carboxylic acids is 2. The van der Waals surface area contributed by atoms with Crippen LogP contribution in [0.5, 0.6) is 0 Å². The number of carbonyl (C=O) groups is 2. The number of amides is 3. The molecule has 1 aliphatic heterocycles. The summed E-state index contributed by atoms with van der Waals surface area (Å²) in [6.07, 6.45) is 0. The second-order valence-corrected chi connectivity index (χ2v) is 3.39. The molecule has 0 spiro atoms. The molecule has 0 atom stereocenters. The van der Waals surface area contributed by atoms with E-state index in [0.717, 1.165) is 4.90 Å². The van der Waals surface area contributed by atoms with Gasteiger partial charge >= 0.3 is 6.03 Å². The van der Waals surface area contributed by atoms with Crippen molar-refractivity contribution in [1.82, 2.24) is 9.80 Å². The Balaban J connectivity index is 2.77. The number of imide groups is 1. The minimum absolute atomic E-state index is 0.0747. The first-order valence-electron chi connectivity index (χ1n) is 3.47. The van der Waals surface area contributed by atoms with Gasteiger partial charge in [-0.25, -0.2) is 9.69 Å². The van der Waals surface area contributed by atoms with Crippen LogP contribution < -0.4 is 0 Å². The highest BCUT2D eigenvalue weighted by Gasteiger charge is 2.38. The van der Waals surface area contributed by atoms with Crippen LogP contribution in [0.2, 0.25) is 0 Å². The average Bonchev–Trinajstić information content (AvgIpc) is 2.25. The summed E-state index contributed by atoms with van der Waals surface area (Å²) in [4.78, 5) is 23.5. The Kier molecular flexibility index (Phi) is 2.80. The largest absolute Gasteiger partial charge is 0.329 e. The Hall–Kier alpha value is -0.480. The van der Waals surface area contributed by atoms with Gasteiger partial charge in [-0.2, -0.15) is 0 Å². The van der Waals surface area contributed by atoms with Crippen molar-refractivity contribution in [3.8, 4) is 0 Å². The molecular formula is C6H8Cl2N2O2. The lowest BCUT2D eigenvalue weighted by atomic mass is 10.5. The van der Waals surface area contributed by atoms with E-state index in [0.29, 0.717) is 6.54 Å². The van der Waals surface area contributed by atoms with Crippen molar-refractivity contribution in [3.63, 3.8) is 0 Å². The predicted octanol–water partition coefficient (Wildman–Crippen LogP) is 1.03. The number of alkyl halides is 2. The van der Waals surface area contributed by atoms with E-state index in [2.05, 4.69) is 0 Å². The molecule has 0 aromatic heterocycles. The average molecular weight is 211 g/mol. The number of hydrogen-bond donors (Lipinski definition) is 0. The van der Waals surface area contributed by atoms with Crippen LogP contribution in [-0.2, 0) is 4.79 Å². The highest BCUT2D eigenvalue weighted by atomic mass is 35.5. The quantitative estimate of drug-likeness (QED) is 0.389. The van der Waals surface area contributed by atoms with Gasteiger partial charge in [-0.1, -0.05) is 23.2 Å². The zero-order valence-electron chi connectivity index (χ0n) is 6.46. The zero-order chi connectivity index (χ0) is 9.30. The van der Waals surface area contributed by atoms with Gasteiger partial charge in [-0.3, -0.25) is 4.79 Å². The Morgan fingerprint density at radius 3 is 2.33 bits per heavy atom. The van der Waals surface area contributed by atoms with Gasteiger partial charge in [-0.05, 0) is 6.92 Å². The third-order valence-electron chi connectivity index (χ3n) is 1.65. The standard InChI is InChI=1S/C6H8Cl2N2O2/c1-2-9-3-4(11)10(5(7)8)6(9)12/h5H,2-3H2,1H3. The van der Waals surface area contributed by atoms with Crippen LogP contribution in [0, 0.1) is 0 Å². The van der Waals surface area contributed by atoms with Crippen molar-refractivity contribution in [2.75, 3.05) is 13.1 Å². The van der Waals surface area contributed by atoms with Crippen molar-refractivity contribution < 1.29 is 9.59 Å². The van der Waals surface area contributed by atoms with Gasteiger partial charge in [0.05, 0.1) is 0 Å². The number of nitrogens with zero attached hydrogens (tertiary/aromatic N) is 2. The maximum absolute atomic E-state index is 11.3. The summed E-state index contributed by atoms with van der Waals surface area (Å²) in [6.45, 7) is 2.35. The minimum atomic E-state index is -1.08. The lowest BCUT2D eigenvalue weighted by Gasteiger charge is -2.15. The van der Waals surface area contributed by atoms with Gasteiger partial charge in [0.1, 0.15) is 6.54 Å². The summed E-state index contributed by atoms with van der Waals surface area (Å²) in [6, 6.07) is -0.419. The molecule has 1 fully saturated rings. The lowest BCUT2D eigenvalue weighted by molar-refractivity contribution is -0.125. The maximum atomic E-state index is 11.3. The van der Waals surface area contributed by atoms with Crippen LogP contribution >= 0.6 is 23.2 Å². The van der Waals surface area contributed by atoms with Crippen molar-refractivity contribution in [2.45, 2.75) is 11.9 Å². The van der Waals surface area contributed by atoms with Crippen molar-refractivity contribution >= 4 is 35.1 Å². The molecule has 68 valence electrons. The molecular weight excluding hydrogens is 203 g/mol. The lowest BCUT2D eigenvalue weighted by Crippen LogP contribution is -2.35. The highest BCUT2D eigenvalue weighted by Crippen LogP contribution is 2.18. The SMILES string of the molecule is CCN1CC(=O)N(C(Cl)Cl)C1=O. The first kappa shape index (κ1) is 9.61. The molecule has 3 amide bonds. The number of urea groups is 1. The van der Waals surface area contributed by atoms with E-state index >= 15 is 0 Å². The van der Waals surface area contributed by atoms with E-state index in [-0.39, 0.29) is 12.5 Å². The molecule has 0 bridgehead atoms. The van der Waals surface area contributed by atoms with Crippen LogP contribution in [0.1, 0.15) is 6.92 Å². The van der Waals surface area contributed by atoms with Crippen LogP contribution in [-0.4, -0.2) is 39.8 Å². The highest BCUT2D eigenvalue weighted by molar-refractivity contribution is 6.45. The monoisotopic (exact) mass is 210 g/mol. The Labute approximate surface area is 80.0 Å². The molecule has 4 nitrogen and oxygen atoms in total. The normalized spacial score (nSPS) is 18.3. The molecule has 0 unspecified atom stereocenters. The summed E-state index contributed by atoms with van der Waals surface area (Å²) in [7, 11) is 0. The fourth-order valence-corrected chi connectivity index (χ4v) is 1.39. The molecule has 1 aliphatic rings. The Bertz CT molecular complexity index is 220. The molecule has 12 heavy (non-hydrogen) atoms. The Morgan fingerprint density at radius 2 is 2.08 bits per heavy atom. The van der Waals surface area contributed by atoms with E-state index in [4.69, 9.17) is 23.2 Å². The van der Waals surface area contributed by atoms with Gasteiger partial charge in [0, 0.05) is 6.54 Å². The van der Waals surface area contributed by atoms with Crippen LogP contribution in [0.4, 0.5) is 4.79 Å². The van der Waals surface area contributed by atoms with E-state index < -0.39 is 11.0 Å². The van der Waals surface area contributed by atoms with Crippen molar-refractivity contribution in [3.05, 3.63) is 0 Å². The molecule has 0 N–H and O–H groups in total. The maximum Gasteiger partial charge on any atom is 0.329 e. The molecule has 0 aromatic carbocycles. The summed E-state index contributed by atoms with van der Waals surface area (Å²) in [5, 5.41) is 0. The van der Waals surface area contributed by atoms with Gasteiger partial charge < -0.3 is 4.90 Å². The van der Waals surface area contributed by atoms with Gasteiger partial charge in [0.15, 0.2) is 4.96 Å². The summed E-state index contributed by atoms with van der Waals surface area (Å²) < 4.78 is 0. The summed E-state index contributed by atoms with van der Waals surface area (Å²) in [5.41, 5.74) is 0. The van der Waals surface area contributed by atoms with Crippen LogP contribution in [0.25, 0.3) is 0 Å². The second-order valence-electron chi connectivity index (χ2n) is 2.34. The molecule has 0 aliphatic carbocycles. The van der Waals surface area contributed by atoms with Gasteiger partial charge in [0.25, 0.3) is 5.91 Å². The molecule has 1 heterocycles. The van der Waals surface area contributed by atoms with Gasteiger partial charge in [-0.15, -0.1) is 0 Å². The zero-order valence-corrected chi connectivity index (χ0v) is 7.97. The first-order valence-corrected chi connectivity index (χ1v) is 4.34. The third kappa shape index (κ3) is 1.49. The fraction of sp³-hybridized carbons (Fsp3) is 0.667. The van der Waals surface area contributed by atoms with Gasteiger partial charge in [0.2, 0.25) is 0 Å². The molecule has 6 heteroatoms. The van der Waals surface area contributed by atoms with Crippen molar-refractivity contribution in [1.29, 1.82) is 0 Å². The van der Waals surface area contributed by atoms with E-state index in [9.17, 15) is 9.59 Å². The number of likely N-dealkylation sites (N-methyl/N-ethyl adjacent to an activating group) is 1. The first-order chi connectivity index (χ1) is 5.57. The molecule has 1 saturated heterocycles.